The lowest BCUT2D eigenvalue weighted by Crippen LogP contribution is -2.37. The van der Waals surface area contributed by atoms with Gasteiger partial charge in [0.1, 0.15) is 0 Å². The van der Waals surface area contributed by atoms with Crippen molar-refractivity contribution in [2.75, 3.05) is 0 Å². The van der Waals surface area contributed by atoms with Crippen molar-refractivity contribution in [3.63, 3.8) is 0 Å². The lowest BCUT2D eigenvalue weighted by molar-refractivity contribution is -0.137. The molecule has 3 aromatic heterocycles. The number of carbonyl (C=O) groups is 1. The number of aromatic nitrogens is 5. The zero-order valence-corrected chi connectivity index (χ0v) is 25.9. The van der Waals surface area contributed by atoms with E-state index < -0.39 is 52.7 Å². The number of halogens is 5. The van der Waals surface area contributed by atoms with E-state index in [-0.39, 0.29) is 48.9 Å². The van der Waals surface area contributed by atoms with E-state index in [0.29, 0.717) is 17.3 Å². The number of carbonyl (C=O) groups excluding carboxylic acids is 1. The number of hydrogen-bond acceptors (Lipinski definition) is 5. The maximum Gasteiger partial charge on any atom is 0.390 e. The molecular formula is C29H38F5N7O2S. The highest BCUT2D eigenvalue weighted by molar-refractivity contribution is 7.84. The second-order valence-electron chi connectivity index (χ2n) is 12.9. The van der Waals surface area contributed by atoms with Crippen LogP contribution in [0.3, 0.4) is 0 Å². The fraction of sp³-hybridized carbons (Fsp3) is 0.655. The predicted octanol–water partition coefficient (Wildman–Crippen LogP) is 5.99. The standard InChI is InChI=1S/C29H38F5N7O2S/c1-17-21(15-36-40(17)12-11-29(32,33)34)26(42)38-25(19-7-9-28(30,31)10-8-19)22-16-41-23(37-22)13-20(14-35-41)24(18-5-6-18)39-44(43)27(2,3)4/h13-16,18-19,24-25,39H,5-12H2,1-4H3,(H,38,42)/t24?,25-,44-/m0/s1. The number of nitrogens with zero attached hydrogens (tertiary/aromatic N) is 5. The molecule has 0 bridgehead atoms. The second kappa shape index (κ2) is 12.1. The van der Waals surface area contributed by atoms with E-state index >= 15 is 0 Å². The van der Waals surface area contributed by atoms with Crippen molar-refractivity contribution in [3.05, 3.63) is 47.2 Å². The van der Waals surface area contributed by atoms with Crippen molar-refractivity contribution >= 4 is 22.5 Å². The molecule has 0 spiro atoms. The SMILES string of the molecule is Cc1c(C(=O)N[C@H](c2cn3ncc(C(N[S@@](=O)C(C)(C)C)C4CC4)cc3n2)C2CCC(F)(F)CC2)cnn1CCC(F)(F)F. The van der Waals surface area contributed by atoms with Gasteiger partial charge in [-0.15, -0.1) is 0 Å². The Morgan fingerprint density at radius 1 is 1.07 bits per heavy atom. The zero-order chi connectivity index (χ0) is 32.0. The van der Waals surface area contributed by atoms with Crippen molar-refractivity contribution in [2.45, 2.75) is 108 Å². The third-order valence-electron chi connectivity index (χ3n) is 8.40. The molecule has 2 aliphatic carbocycles. The number of imidazole rings is 1. The molecule has 15 heteroatoms. The van der Waals surface area contributed by atoms with E-state index in [0.717, 1.165) is 23.1 Å². The summed E-state index contributed by atoms with van der Waals surface area (Å²) in [5, 5.41) is 11.4. The van der Waals surface area contributed by atoms with Gasteiger partial charge in [0, 0.05) is 31.1 Å². The Morgan fingerprint density at radius 2 is 1.73 bits per heavy atom. The third-order valence-corrected chi connectivity index (χ3v) is 9.98. The van der Waals surface area contributed by atoms with Gasteiger partial charge in [0.2, 0.25) is 5.92 Å². The first kappa shape index (κ1) is 32.5. The Hall–Kier alpha value is -2.94. The van der Waals surface area contributed by atoms with E-state index in [4.69, 9.17) is 4.98 Å². The molecule has 1 amide bonds. The molecule has 0 aromatic carbocycles. The van der Waals surface area contributed by atoms with E-state index in [1.165, 1.54) is 13.1 Å². The molecule has 2 fully saturated rings. The second-order valence-corrected chi connectivity index (χ2v) is 14.9. The molecule has 5 rings (SSSR count). The number of aryl methyl sites for hydroxylation is 1. The van der Waals surface area contributed by atoms with Gasteiger partial charge < -0.3 is 5.32 Å². The van der Waals surface area contributed by atoms with Gasteiger partial charge in [-0.25, -0.2) is 27.2 Å². The van der Waals surface area contributed by atoms with Crippen LogP contribution in [0.15, 0.2) is 24.7 Å². The highest BCUT2D eigenvalue weighted by Gasteiger charge is 2.40. The molecule has 2 N–H and O–H groups in total. The topological polar surface area (TPSA) is 106 Å². The van der Waals surface area contributed by atoms with Gasteiger partial charge in [0.25, 0.3) is 5.91 Å². The molecule has 0 aliphatic heterocycles. The molecule has 2 aliphatic rings. The van der Waals surface area contributed by atoms with Crippen LogP contribution >= 0.6 is 0 Å². The number of amides is 1. The van der Waals surface area contributed by atoms with Gasteiger partial charge in [0.05, 0.1) is 58.0 Å². The van der Waals surface area contributed by atoms with Crippen LogP contribution in [0.5, 0.6) is 0 Å². The van der Waals surface area contributed by atoms with Gasteiger partial charge in [-0.1, -0.05) is 0 Å². The quantitative estimate of drug-likeness (QED) is 0.264. The summed E-state index contributed by atoms with van der Waals surface area (Å²) in [7, 11) is -1.30. The van der Waals surface area contributed by atoms with Gasteiger partial charge in [-0.05, 0) is 76.8 Å². The summed E-state index contributed by atoms with van der Waals surface area (Å²) >= 11 is 0. The van der Waals surface area contributed by atoms with Crippen LogP contribution in [0.2, 0.25) is 0 Å². The van der Waals surface area contributed by atoms with Crippen LogP contribution in [0.4, 0.5) is 22.0 Å². The first-order valence-electron chi connectivity index (χ1n) is 14.8. The Balaban J connectivity index is 1.42. The smallest absolute Gasteiger partial charge is 0.343 e. The molecule has 0 radical (unpaired) electrons. The summed E-state index contributed by atoms with van der Waals surface area (Å²) < 4.78 is 84.8. The molecule has 3 heterocycles. The summed E-state index contributed by atoms with van der Waals surface area (Å²) in [4.78, 5) is 18.2. The first-order chi connectivity index (χ1) is 20.5. The van der Waals surface area contributed by atoms with Gasteiger partial charge in [-0.2, -0.15) is 23.4 Å². The molecule has 3 atom stereocenters. The van der Waals surface area contributed by atoms with Crippen molar-refractivity contribution < 1.29 is 31.0 Å². The largest absolute Gasteiger partial charge is 0.390 e. The summed E-state index contributed by atoms with van der Waals surface area (Å²) in [6.45, 7) is 6.78. The highest BCUT2D eigenvalue weighted by Crippen LogP contribution is 2.43. The van der Waals surface area contributed by atoms with Crippen LogP contribution in [-0.4, -0.2) is 51.3 Å². The minimum absolute atomic E-state index is 0.104. The molecule has 242 valence electrons. The molecule has 9 nitrogen and oxygen atoms in total. The fourth-order valence-electron chi connectivity index (χ4n) is 5.56. The Labute approximate surface area is 255 Å². The number of nitrogens with one attached hydrogen (secondary N) is 2. The maximum absolute atomic E-state index is 14.1. The Morgan fingerprint density at radius 3 is 2.34 bits per heavy atom. The van der Waals surface area contributed by atoms with E-state index in [1.807, 2.05) is 26.8 Å². The molecule has 2 saturated carbocycles. The van der Waals surface area contributed by atoms with Gasteiger partial charge >= 0.3 is 6.18 Å². The summed E-state index contributed by atoms with van der Waals surface area (Å²) in [6.07, 6.45) is 0.761. The minimum atomic E-state index is -4.37. The van der Waals surface area contributed by atoms with Crippen LogP contribution in [0.1, 0.15) is 105 Å². The Bertz CT molecular complexity index is 1520. The fourth-order valence-corrected chi connectivity index (χ4v) is 6.48. The lowest BCUT2D eigenvalue weighted by atomic mass is 9.81. The van der Waals surface area contributed by atoms with Crippen molar-refractivity contribution in [1.29, 1.82) is 0 Å². The summed E-state index contributed by atoms with van der Waals surface area (Å²) in [5.74, 6) is -3.39. The molecule has 3 aromatic rings. The maximum atomic E-state index is 14.1. The van der Waals surface area contributed by atoms with Crippen molar-refractivity contribution in [1.82, 2.24) is 34.4 Å². The minimum Gasteiger partial charge on any atom is -0.343 e. The van der Waals surface area contributed by atoms with E-state index in [9.17, 15) is 31.0 Å². The first-order valence-corrected chi connectivity index (χ1v) is 16.0. The molecule has 1 unspecified atom stereocenters. The van der Waals surface area contributed by atoms with Crippen molar-refractivity contribution in [2.24, 2.45) is 11.8 Å². The predicted molar refractivity (Wildman–Crippen MR) is 154 cm³/mol. The normalized spacial score (nSPS) is 20.0. The number of fused-ring (bicyclic) bond motifs is 1. The van der Waals surface area contributed by atoms with Crippen LogP contribution in [0, 0.1) is 18.8 Å². The number of rotatable bonds is 10. The average Bonchev–Trinajstić information content (AvgIpc) is 3.57. The molecular weight excluding hydrogens is 605 g/mol. The van der Waals surface area contributed by atoms with Crippen LogP contribution in [0.25, 0.3) is 5.65 Å². The molecule has 0 saturated heterocycles. The van der Waals surface area contributed by atoms with Gasteiger partial charge in [-0.3, -0.25) is 9.48 Å². The number of alkyl halides is 5. The average molecular weight is 644 g/mol. The zero-order valence-electron chi connectivity index (χ0n) is 25.1. The monoisotopic (exact) mass is 643 g/mol. The summed E-state index contributed by atoms with van der Waals surface area (Å²) in [6, 6.07) is 0.933. The van der Waals surface area contributed by atoms with E-state index in [1.54, 1.807) is 16.9 Å². The van der Waals surface area contributed by atoms with Crippen LogP contribution < -0.4 is 10.0 Å². The lowest BCUT2D eigenvalue weighted by Gasteiger charge is -2.33. The van der Waals surface area contributed by atoms with E-state index in [2.05, 4.69) is 20.2 Å². The third kappa shape index (κ3) is 7.64. The van der Waals surface area contributed by atoms with Crippen LogP contribution in [-0.2, 0) is 17.5 Å². The number of hydrogen-bond donors (Lipinski definition) is 2. The highest BCUT2D eigenvalue weighted by atomic mass is 32.2. The summed E-state index contributed by atoms with van der Waals surface area (Å²) in [5.41, 5.74) is 2.13. The molecule has 44 heavy (non-hydrogen) atoms. The van der Waals surface area contributed by atoms with Crippen molar-refractivity contribution in [3.8, 4) is 0 Å². The van der Waals surface area contributed by atoms with Gasteiger partial charge in [0.15, 0.2) is 5.65 Å². The Kier molecular flexibility index (Phi) is 8.93.